The quantitative estimate of drug-likeness (QED) is 0.298. The van der Waals surface area contributed by atoms with Gasteiger partial charge in [0.05, 0.1) is 19.6 Å². The Bertz CT molecular complexity index is 932. The van der Waals surface area contributed by atoms with E-state index in [0.29, 0.717) is 30.4 Å². The van der Waals surface area contributed by atoms with Gasteiger partial charge in [-0.25, -0.2) is 4.99 Å². The van der Waals surface area contributed by atoms with E-state index >= 15 is 0 Å². The first-order valence-corrected chi connectivity index (χ1v) is 10.1. The van der Waals surface area contributed by atoms with Crippen LogP contribution < -0.4 is 21.7 Å². The number of benzene rings is 1. The summed E-state index contributed by atoms with van der Waals surface area (Å²) in [6, 6.07) is 8.74. The maximum absolute atomic E-state index is 11.9. The van der Waals surface area contributed by atoms with Crippen molar-refractivity contribution in [2.75, 3.05) is 19.6 Å². The second kappa shape index (κ2) is 10.6. The van der Waals surface area contributed by atoms with Crippen molar-refractivity contribution in [3.05, 3.63) is 58.5 Å². The van der Waals surface area contributed by atoms with Crippen LogP contribution in [-0.4, -0.2) is 42.5 Å². The summed E-state index contributed by atoms with van der Waals surface area (Å²) in [6.45, 7) is 8.44. The average Bonchev–Trinajstić information content (AvgIpc) is 3.07. The average molecular weight is 430 g/mol. The molecule has 0 fully saturated rings. The van der Waals surface area contributed by atoms with Crippen LogP contribution in [0.5, 0.6) is 0 Å². The van der Waals surface area contributed by atoms with Crippen LogP contribution in [0, 0.1) is 13.8 Å². The molecule has 0 aliphatic rings. The molecule has 0 aliphatic carbocycles. The predicted molar refractivity (Wildman–Crippen MR) is 119 cm³/mol. The smallest absolute Gasteiger partial charge is 0.251 e. The predicted octanol–water partition coefficient (Wildman–Crippen LogP) is 1.07. The fourth-order valence-corrected chi connectivity index (χ4v) is 3.06. The lowest BCUT2D eigenvalue weighted by Crippen LogP contribution is -2.44. The fraction of sp³-hybridized carbons (Fsp3) is 0.409. The highest BCUT2D eigenvalue weighted by molar-refractivity contribution is 5.96. The second-order valence-corrected chi connectivity index (χ2v) is 7.50. The van der Waals surface area contributed by atoms with Gasteiger partial charge in [0, 0.05) is 17.7 Å². The molecule has 0 radical (unpaired) electrons. The molecule has 0 saturated heterocycles. The van der Waals surface area contributed by atoms with E-state index < -0.39 is 11.5 Å². The zero-order valence-corrected chi connectivity index (χ0v) is 18.4. The number of furan rings is 1. The molecule has 1 heterocycles. The van der Waals surface area contributed by atoms with E-state index in [9.17, 15) is 14.7 Å². The summed E-state index contributed by atoms with van der Waals surface area (Å²) in [5, 5.41) is 19.6. The van der Waals surface area contributed by atoms with Gasteiger partial charge >= 0.3 is 0 Å². The molecule has 1 aromatic heterocycles. The van der Waals surface area contributed by atoms with Crippen LogP contribution in [0.3, 0.4) is 0 Å². The first-order chi connectivity index (χ1) is 14.6. The Morgan fingerprint density at radius 3 is 2.39 bits per heavy atom. The Labute approximate surface area is 182 Å². The van der Waals surface area contributed by atoms with E-state index in [2.05, 4.69) is 20.9 Å². The standard InChI is InChI=1S/C22H31N5O4/c1-5-24-21(27-13-22(4,30)18-10-14(2)31-15(18)3)26-11-16-6-8-17(9-7-16)20(29)25-12-19(23)28/h6-10,30H,5,11-13H2,1-4H3,(H2,23,28)(H,25,29)(H2,24,26,27). The van der Waals surface area contributed by atoms with Gasteiger partial charge in [0.15, 0.2) is 5.96 Å². The highest BCUT2D eigenvalue weighted by atomic mass is 16.3. The molecule has 6 N–H and O–H groups in total. The normalized spacial score (nSPS) is 13.4. The number of nitrogens with one attached hydrogen (secondary N) is 3. The maximum Gasteiger partial charge on any atom is 0.251 e. The molecule has 1 aromatic carbocycles. The number of aliphatic hydroxyl groups is 1. The van der Waals surface area contributed by atoms with Crippen LogP contribution in [0.1, 0.15) is 46.9 Å². The number of hydrogen-bond donors (Lipinski definition) is 5. The number of carbonyl (C=O) groups excluding carboxylic acids is 2. The van der Waals surface area contributed by atoms with Gasteiger partial charge in [-0.05, 0) is 51.5 Å². The van der Waals surface area contributed by atoms with Gasteiger partial charge in [-0.3, -0.25) is 9.59 Å². The van der Waals surface area contributed by atoms with Gasteiger partial charge in [-0.15, -0.1) is 0 Å². The molecule has 2 aromatic rings. The minimum absolute atomic E-state index is 0.204. The van der Waals surface area contributed by atoms with Crippen molar-refractivity contribution in [1.82, 2.24) is 16.0 Å². The first-order valence-electron chi connectivity index (χ1n) is 10.1. The van der Waals surface area contributed by atoms with Gasteiger partial charge in [-0.2, -0.15) is 0 Å². The van der Waals surface area contributed by atoms with Crippen molar-refractivity contribution in [2.24, 2.45) is 10.7 Å². The van der Waals surface area contributed by atoms with Gasteiger partial charge in [0.25, 0.3) is 5.91 Å². The number of primary amides is 1. The number of guanidine groups is 1. The largest absolute Gasteiger partial charge is 0.466 e. The van der Waals surface area contributed by atoms with E-state index in [-0.39, 0.29) is 19.0 Å². The Morgan fingerprint density at radius 2 is 1.84 bits per heavy atom. The van der Waals surface area contributed by atoms with Crippen LogP contribution in [0.15, 0.2) is 39.7 Å². The molecule has 2 rings (SSSR count). The first kappa shape index (κ1) is 23.9. The molecule has 0 bridgehead atoms. The van der Waals surface area contributed by atoms with Crippen molar-refractivity contribution in [2.45, 2.75) is 39.8 Å². The van der Waals surface area contributed by atoms with Crippen molar-refractivity contribution in [1.29, 1.82) is 0 Å². The number of nitrogens with zero attached hydrogens (tertiary/aromatic N) is 1. The highest BCUT2D eigenvalue weighted by Gasteiger charge is 2.27. The Morgan fingerprint density at radius 1 is 1.16 bits per heavy atom. The van der Waals surface area contributed by atoms with Gasteiger partial charge in [-0.1, -0.05) is 12.1 Å². The Hall–Kier alpha value is -3.33. The van der Waals surface area contributed by atoms with Gasteiger partial charge in [0.1, 0.15) is 17.1 Å². The van der Waals surface area contributed by atoms with Crippen LogP contribution in [-0.2, 0) is 16.9 Å². The summed E-state index contributed by atoms with van der Waals surface area (Å²) in [5.74, 6) is 1.03. The Kier molecular flexibility index (Phi) is 8.21. The van der Waals surface area contributed by atoms with Crippen molar-refractivity contribution < 1.29 is 19.1 Å². The van der Waals surface area contributed by atoms with Crippen molar-refractivity contribution in [3.8, 4) is 0 Å². The molecule has 0 aliphatic heterocycles. The molecule has 1 unspecified atom stereocenters. The van der Waals surface area contributed by atoms with Gasteiger partial charge < -0.3 is 31.2 Å². The summed E-state index contributed by atoms with van der Waals surface area (Å²) in [4.78, 5) is 27.2. The zero-order chi connectivity index (χ0) is 23.0. The molecule has 2 amide bonds. The SMILES string of the molecule is CCNC(=NCc1ccc(C(=O)NCC(N)=O)cc1)NCC(C)(O)c1cc(C)oc1C. The summed E-state index contributed by atoms with van der Waals surface area (Å²) >= 11 is 0. The van der Waals surface area contributed by atoms with Crippen LogP contribution in [0.25, 0.3) is 0 Å². The Balaban J connectivity index is 2.00. The van der Waals surface area contributed by atoms with Crippen LogP contribution >= 0.6 is 0 Å². The molecular formula is C22H31N5O4. The fourth-order valence-electron chi connectivity index (χ4n) is 3.06. The van der Waals surface area contributed by atoms with Crippen molar-refractivity contribution >= 4 is 17.8 Å². The number of aryl methyl sites for hydroxylation is 2. The molecule has 31 heavy (non-hydrogen) atoms. The third-order valence-electron chi connectivity index (χ3n) is 4.62. The number of aliphatic imine (C=N–C) groups is 1. The number of carbonyl (C=O) groups is 2. The molecular weight excluding hydrogens is 398 g/mol. The van der Waals surface area contributed by atoms with Crippen LogP contribution in [0.4, 0.5) is 0 Å². The van der Waals surface area contributed by atoms with Gasteiger partial charge in [0.2, 0.25) is 5.91 Å². The molecule has 0 saturated carbocycles. The lowest BCUT2D eigenvalue weighted by molar-refractivity contribution is -0.117. The van der Waals surface area contributed by atoms with E-state index in [1.807, 2.05) is 26.8 Å². The summed E-state index contributed by atoms with van der Waals surface area (Å²) in [7, 11) is 0. The minimum Gasteiger partial charge on any atom is -0.466 e. The molecule has 168 valence electrons. The number of nitrogens with two attached hydrogens (primary N) is 1. The molecule has 9 heteroatoms. The minimum atomic E-state index is -1.13. The van der Waals surface area contributed by atoms with E-state index in [4.69, 9.17) is 10.2 Å². The molecule has 9 nitrogen and oxygen atoms in total. The number of amides is 2. The summed E-state index contributed by atoms with van der Waals surface area (Å²) in [5.41, 5.74) is 5.97. The lowest BCUT2D eigenvalue weighted by Gasteiger charge is -2.24. The van der Waals surface area contributed by atoms with E-state index in [1.165, 1.54) is 0 Å². The summed E-state index contributed by atoms with van der Waals surface area (Å²) < 4.78 is 5.53. The summed E-state index contributed by atoms with van der Waals surface area (Å²) in [6.07, 6.45) is 0. The lowest BCUT2D eigenvalue weighted by atomic mass is 9.96. The zero-order valence-electron chi connectivity index (χ0n) is 18.4. The van der Waals surface area contributed by atoms with E-state index in [0.717, 1.165) is 16.9 Å². The number of hydrogen-bond acceptors (Lipinski definition) is 5. The third-order valence-corrected chi connectivity index (χ3v) is 4.62. The maximum atomic E-state index is 11.9. The second-order valence-electron chi connectivity index (χ2n) is 7.50. The topological polar surface area (TPSA) is 142 Å². The third kappa shape index (κ3) is 7.14. The van der Waals surface area contributed by atoms with Crippen LogP contribution in [0.2, 0.25) is 0 Å². The highest BCUT2D eigenvalue weighted by Crippen LogP contribution is 2.26. The van der Waals surface area contributed by atoms with E-state index in [1.54, 1.807) is 31.2 Å². The number of rotatable bonds is 9. The molecule has 1 atom stereocenters. The molecule has 0 spiro atoms. The van der Waals surface area contributed by atoms with Crippen molar-refractivity contribution in [3.63, 3.8) is 0 Å². The monoisotopic (exact) mass is 429 g/mol.